The van der Waals surface area contributed by atoms with Gasteiger partial charge in [0, 0.05) is 31.9 Å². The van der Waals surface area contributed by atoms with Crippen LogP contribution in [-0.2, 0) is 35.0 Å². The molecule has 1 amide bonds. The van der Waals surface area contributed by atoms with Crippen LogP contribution in [0.1, 0.15) is 69.4 Å². The van der Waals surface area contributed by atoms with Gasteiger partial charge in [0.15, 0.2) is 0 Å². The minimum atomic E-state index is -4.65. The van der Waals surface area contributed by atoms with Crippen molar-refractivity contribution in [3.05, 3.63) is 51.8 Å². The average Bonchev–Trinajstić information content (AvgIpc) is 3.10. The van der Waals surface area contributed by atoms with Crippen molar-refractivity contribution in [2.45, 2.75) is 58.7 Å². The van der Waals surface area contributed by atoms with E-state index in [4.69, 9.17) is 9.47 Å². The van der Waals surface area contributed by atoms with E-state index in [2.05, 4.69) is 10.4 Å². The number of hydrogen-bond acceptors (Lipinski definition) is 5. The molecule has 190 valence electrons. The van der Waals surface area contributed by atoms with Crippen molar-refractivity contribution < 1.29 is 32.2 Å². The van der Waals surface area contributed by atoms with Gasteiger partial charge in [-0.05, 0) is 63.5 Å². The van der Waals surface area contributed by atoms with Crippen molar-refractivity contribution in [3.63, 3.8) is 0 Å². The van der Waals surface area contributed by atoms with Crippen molar-refractivity contribution >= 4 is 11.9 Å². The zero-order chi connectivity index (χ0) is 25.2. The molecule has 3 heterocycles. The molecule has 1 saturated heterocycles. The third-order valence-electron chi connectivity index (χ3n) is 6.87. The summed E-state index contributed by atoms with van der Waals surface area (Å²) >= 11 is 0. The number of aryl methyl sites for hydroxylation is 3. The number of nitrogens with zero attached hydrogens (tertiary/aromatic N) is 2. The van der Waals surface area contributed by atoms with Crippen molar-refractivity contribution in [1.82, 2.24) is 15.1 Å². The van der Waals surface area contributed by atoms with E-state index >= 15 is 0 Å². The van der Waals surface area contributed by atoms with E-state index in [-0.39, 0.29) is 17.9 Å². The maximum absolute atomic E-state index is 13.4. The fourth-order valence-corrected chi connectivity index (χ4v) is 4.92. The standard InChI is InChI=1S/C25H30F3N3O4/c1-3-31-21-18(14-24(15-29-22(21)32)8-11-34-12-9-24)20(30-31)5-4-10-35-23(33)17-7-6-16(2)13-19(17)25(26,27)28/h6-7,13H,3-5,8-12,14-15H2,1-2H3,(H,29,32). The second-order valence-corrected chi connectivity index (χ2v) is 9.35. The lowest BCUT2D eigenvalue weighted by atomic mass is 9.75. The van der Waals surface area contributed by atoms with E-state index in [1.807, 2.05) is 6.92 Å². The fraction of sp³-hybridized carbons (Fsp3) is 0.560. The smallest absolute Gasteiger partial charge is 0.417 e. The quantitative estimate of drug-likeness (QED) is 0.484. The van der Waals surface area contributed by atoms with Crippen LogP contribution in [0.25, 0.3) is 0 Å². The highest BCUT2D eigenvalue weighted by molar-refractivity contribution is 5.95. The molecule has 1 fully saturated rings. The molecule has 1 N–H and O–H groups in total. The number of rotatable bonds is 6. The number of amides is 1. The molecule has 0 atom stereocenters. The van der Waals surface area contributed by atoms with Crippen LogP contribution in [0.3, 0.4) is 0 Å². The minimum Gasteiger partial charge on any atom is -0.462 e. The van der Waals surface area contributed by atoms with Gasteiger partial charge in [-0.25, -0.2) is 4.79 Å². The first kappa shape index (κ1) is 25.2. The Morgan fingerprint density at radius 3 is 2.71 bits per heavy atom. The number of benzene rings is 1. The maximum Gasteiger partial charge on any atom is 0.417 e. The zero-order valence-electron chi connectivity index (χ0n) is 20.0. The van der Waals surface area contributed by atoms with Crippen molar-refractivity contribution in [2.75, 3.05) is 26.4 Å². The Bertz CT molecular complexity index is 1100. The molecule has 7 nitrogen and oxygen atoms in total. The number of hydrogen-bond donors (Lipinski definition) is 1. The summed E-state index contributed by atoms with van der Waals surface area (Å²) < 4.78 is 52.5. The summed E-state index contributed by atoms with van der Waals surface area (Å²) in [5.74, 6) is -1.15. The van der Waals surface area contributed by atoms with Crippen LogP contribution >= 0.6 is 0 Å². The number of halogens is 3. The summed E-state index contributed by atoms with van der Waals surface area (Å²) in [6.45, 7) is 5.82. The van der Waals surface area contributed by atoms with Crippen LogP contribution in [0, 0.1) is 12.3 Å². The van der Waals surface area contributed by atoms with E-state index in [1.54, 1.807) is 4.68 Å². The SMILES string of the molecule is CCn1nc(CCCOC(=O)c2ccc(C)cc2C(F)(F)F)c2c1C(=O)NCC1(CCOCC1)C2. The van der Waals surface area contributed by atoms with Gasteiger partial charge in [0.25, 0.3) is 5.91 Å². The Balaban J connectivity index is 1.46. The lowest BCUT2D eigenvalue weighted by Gasteiger charge is -2.36. The summed E-state index contributed by atoms with van der Waals surface area (Å²) in [5.41, 5.74) is 1.08. The molecule has 0 radical (unpaired) electrons. The van der Waals surface area contributed by atoms with Gasteiger partial charge in [-0.2, -0.15) is 18.3 Å². The molecular formula is C25H30F3N3O4. The average molecular weight is 494 g/mol. The van der Waals surface area contributed by atoms with Crippen LogP contribution in [0.15, 0.2) is 18.2 Å². The van der Waals surface area contributed by atoms with Gasteiger partial charge in [0.2, 0.25) is 0 Å². The van der Waals surface area contributed by atoms with Crippen LogP contribution in [0.5, 0.6) is 0 Å². The number of alkyl halides is 3. The Hall–Kier alpha value is -2.88. The first-order chi connectivity index (χ1) is 16.6. The molecule has 2 aliphatic heterocycles. The topological polar surface area (TPSA) is 82.5 Å². The highest BCUT2D eigenvalue weighted by atomic mass is 19.4. The molecule has 0 saturated carbocycles. The molecule has 4 rings (SSSR count). The number of carbonyl (C=O) groups excluding carboxylic acids is 2. The normalized spacial score (nSPS) is 17.6. The minimum absolute atomic E-state index is 0.0526. The van der Waals surface area contributed by atoms with Crippen molar-refractivity contribution in [3.8, 4) is 0 Å². The van der Waals surface area contributed by atoms with Gasteiger partial charge in [0.1, 0.15) is 5.69 Å². The molecular weight excluding hydrogens is 463 g/mol. The number of carbonyl (C=O) groups is 2. The van der Waals surface area contributed by atoms with E-state index in [1.165, 1.54) is 13.0 Å². The highest BCUT2D eigenvalue weighted by Gasteiger charge is 2.40. The van der Waals surface area contributed by atoms with Gasteiger partial charge < -0.3 is 14.8 Å². The van der Waals surface area contributed by atoms with E-state index in [9.17, 15) is 22.8 Å². The lowest BCUT2D eigenvalue weighted by molar-refractivity contribution is -0.138. The molecule has 0 bridgehead atoms. The summed E-state index contributed by atoms with van der Waals surface area (Å²) in [5, 5.41) is 7.70. The van der Waals surface area contributed by atoms with Crippen LogP contribution in [0.2, 0.25) is 0 Å². The van der Waals surface area contributed by atoms with E-state index in [0.29, 0.717) is 56.8 Å². The second-order valence-electron chi connectivity index (χ2n) is 9.35. The Morgan fingerprint density at radius 2 is 2.03 bits per heavy atom. The first-order valence-electron chi connectivity index (χ1n) is 11.9. The Labute approximate surface area is 202 Å². The summed E-state index contributed by atoms with van der Waals surface area (Å²) in [7, 11) is 0. The highest BCUT2D eigenvalue weighted by Crippen LogP contribution is 2.38. The van der Waals surface area contributed by atoms with Gasteiger partial charge >= 0.3 is 12.1 Å². The number of nitrogens with one attached hydrogen (secondary N) is 1. The molecule has 1 aromatic heterocycles. The number of fused-ring (bicyclic) bond motifs is 1. The third kappa shape index (κ3) is 5.37. The largest absolute Gasteiger partial charge is 0.462 e. The summed E-state index contributed by atoms with van der Waals surface area (Å²) in [6.07, 6.45) is -1.42. The summed E-state index contributed by atoms with van der Waals surface area (Å²) in [4.78, 5) is 25.3. The molecule has 35 heavy (non-hydrogen) atoms. The molecule has 2 aliphatic rings. The fourth-order valence-electron chi connectivity index (χ4n) is 4.92. The van der Waals surface area contributed by atoms with Gasteiger partial charge in [-0.3, -0.25) is 9.48 Å². The van der Waals surface area contributed by atoms with Gasteiger partial charge in [0.05, 0.1) is 23.4 Å². The Kier molecular flexibility index (Phi) is 7.21. The summed E-state index contributed by atoms with van der Waals surface area (Å²) in [6, 6.07) is 3.55. The predicted octanol–water partition coefficient (Wildman–Crippen LogP) is 4.10. The van der Waals surface area contributed by atoms with E-state index < -0.39 is 23.3 Å². The van der Waals surface area contributed by atoms with Gasteiger partial charge in [-0.1, -0.05) is 11.6 Å². The van der Waals surface area contributed by atoms with Crippen LogP contribution in [0.4, 0.5) is 13.2 Å². The van der Waals surface area contributed by atoms with E-state index in [0.717, 1.165) is 36.2 Å². The molecule has 2 aromatic rings. The molecule has 1 spiro atoms. The molecule has 1 aromatic carbocycles. The number of ether oxygens (including phenoxy) is 2. The van der Waals surface area contributed by atoms with Crippen LogP contribution < -0.4 is 5.32 Å². The van der Waals surface area contributed by atoms with Gasteiger partial charge in [-0.15, -0.1) is 0 Å². The second kappa shape index (κ2) is 10.0. The number of aromatic nitrogens is 2. The monoisotopic (exact) mass is 493 g/mol. The predicted molar refractivity (Wildman–Crippen MR) is 121 cm³/mol. The van der Waals surface area contributed by atoms with Crippen molar-refractivity contribution in [2.24, 2.45) is 5.41 Å². The maximum atomic E-state index is 13.4. The molecule has 0 unspecified atom stereocenters. The Morgan fingerprint density at radius 1 is 1.29 bits per heavy atom. The van der Waals surface area contributed by atoms with Crippen LogP contribution in [-0.4, -0.2) is 48.0 Å². The number of esters is 1. The van der Waals surface area contributed by atoms with Crippen molar-refractivity contribution in [1.29, 1.82) is 0 Å². The third-order valence-corrected chi connectivity index (χ3v) is 6.87. The molecule has 0 aliphatic carbocycles. The molecule has 10 heteroatoms. The lowest BCUT2D eigenvalue weighted by Crippen LogP contribution is -2.40. The zero-order valence-corrected chi connectivity index (χ0v) is 20.0. The first-order valence-corrected chi connectivity index (χ1v) is 11.9.